The van der Waals surface area contributed by atoms with E-state index in [9.17, 15) is 4.39 Å². The molecule has 0 aliphatic heterocycles. The first-order chi connectivity index (χ1) is 8.26. The predicted molar refractivity (Wildman–Crippen MR) is 73.1 cm³/mol. The second kappa shape index (κ2) is 8.65. The van der Waals surface area contributed by atoms with Crippen LogP contribution < -0.4 is 0 Å². The predicted octanol–water partition coefficient (Wildman–Crippen LogP) is 4.20. The molecule has 1 aromatic rings. The average Bonchev–Trinajstić information content (AvgIpc) is 2.33. The lowest BCUT2D eigenvalue weighted by Crippen LogP contribution is -2.10. The number of halogens is 2. The van der Waals surface area contributed by atoms with Crippen molar-refractivity contribution in [2.24, 2.45) is 5.92 Å². The standard InChI is InChI=1S/C14H20BrFO/c1-2-7-17-8-6-13(11-15)9-12-4-3-5-14(16)10-12/h3-5,10,13H,2,6-9,11H2,1H3. The van der Waals surface area contributed by atoms with Crippen LogP contribution in [0.2, 0.25) is 0 Å². The van der Waals surface area contributed by atoms with Gasteiger partial charge in [0.05, 0.1) is 0 Å². The molecule has 0 heterocycles. The van der Waals surface area contributed by atoms with Crippen molar-refractivity contribution in [3.05, 3.63) is 35.6 Å². The van der Waals surface area contributed by atoms with Gasteiger partial charge in [0, 0.05) is 18.5 Å². The van der Waals surface area contributed by atoms with Crippen LogP contribution >= 0.6 is 15.9 Å². The third-order valence-corrected chi connectivity index (χ3v) is 3.57. The van der Waals surface area contributed by atoms with Gasteiger partial charge in [0.1, 0.15) is 5.82 Å². The highest BCUT2D eigenvalue weighted by Crippen LogP contribution is 2.16. The van der Waals surface area contributed by atoms with Crippen molar-refractivity contribution in [2.45, 2.75) is 26.2 Å². The van der Waals surface area contributed by atoms with Crippen LogP contribution in [0.1, 0.15) is 25.3 Å². The Morgan fingerprint density at radius 2 is 2.18 bits per heavy atom. The molecule has 1 nitrogen and oxygen atoms in total. The minimum absolute atomic E-state index is 0.155. The molecule has 0 N–H and O–H groups in total. The van der Waals surface area contributed by atoms with Crippen LogP contribution in [-0.4, -0.2) is 18.5 Å². The van der Waals surface area contributed by atoms with Crippen LogP contribution in [0.5, 0.6) is 0 Å². The summed E-state index contributed by atoms with van der Waals surface area (Å²) in [5.74, 6) is 0.353. The molecular formula is C14H20BrFO. The molecule has 0 amide bonds. The van der Waals surface area contributed by atoms with E-state index in [1.165, 1.54) is 6.07 Å². The first kappa shape index (κ1) is 14.7. The van der Waals surface area contributed by atoms with Crippen LogP contribution in [0.4, 0.5) is 4.39 Å². The largest absolute Gasteiger partial charge is 0.381 e. The monoisotopic (exact) mass is 302 g/mol. The van der Waals surface area contributed by atoms with Crippen molar-refractivity contribution < 1.29 is 9.13 Å². The average molecular weight is 303 g/mol. The van der Waals surface area contributed by atoms with Gasteiger partial charge in [-0.2, -0.15) is 0 Å². The van der Waals surface area contributed by atoms with Crippen LogP contribution in [0.25, 0.3) is 0 Å². The molecule has 0 aliphatic rings. The summed E-state index contributed by atoms with van der Waals surface area (Å²) < 4.78 is 18.5. The number of hydrogen-bond donors (Lipinski definition) is 0. The van der Waals surface area contributed by atoms with Crippen LogP contribution in [0, 0.1) is 11.7 Å². The molecule has 1 aromatic carbocycles. The van der Waals surface area contributed by atoms with E-state index in [1.807, 2.05) is 6.07 Å². The molecule has 0 radical (unpaired) electrons. The van der Waals surface area contributed by atoms with E-state index in [1.54, 1.807) is 12.1 Å². The Morgan fingerprint density at radius 1 is 1.35 bits per heavy atom. The number of ether oxygens (including phenoxy) is 1. The summed E-state index contributed by atoms with van der Waals surface area (Å²) in [6.07, 6.45) is 2.98. The molecule has 0 bridgehead atoms. The van der Waals surface area contributed by atoms with Gasteiger partial charge in [0.2, 0.25) is 0 Å². The van der Waals surface area contributed by atoms with Crippen molar-refractivity contribution in [1.29, 1.82) is 0 Å². The van der Waals surface area contributed by atoms with Crippen molar-refractivity contribution in [2.75, 3.05) is 18.5 Å². The Morgan fingerprint density at radius 3 is 2.82 bits per heavy atom. The molecule has 0 saturated carbocycles. The summed E-state index contributed by atoms with van der Waals surface area (Å²) in [5.41, 5.74) is 1.06. The number of benzene rings is 1. The molecule has 1 atom stereocenters. The zero-order chi connectivity index (χ0) is 12.5. The molecule has 1 rings (SSSR count). The van der Waals surface area contributed by atoms with E-state index < -0.39 is 0 Å². The van der Waals surface area contributed by atoms with Gasteiger partial charge in [-0.1, -0.05) is 35.0 Å². The Hall–Kier alpha value is -0.410. The van der Waals surface area contributed by atoms with Gasteiger partial charge in [-0.25, -0.2) is 4.39 Å². The Kier molecular flexibility index (Phi) is 7.45. The number of rotatable bonds is 8. The third-order valence-electron chi connectivity index (χ3n) is 2.65. The maximum absolute atomic E-state index is 13.0. The summed E-state index contributed by atoms with van der Waals surface area (Å²) >= 11 is 3.51. The Bertz CT molecular complexity index is 317. The lowest BCUT2D eigenvalue weighted by Gasteiger charge is -2.14. The molecule has 0 saturated heterocycles. The summed E-state index contributed by atoms with van der Waals surface area (Å²) in [4.78, 5) is 0. The van der Waals surface area contributed by atoms with Gasteiger partial charge in [-0.05, 0) is 42.9 Å². The van der Waals surface area contributed by atoms with Gasteiger partial charge < -0.3 is 4.74 Å². The van der Waals surface area contributed by atoms with E-state index in [0.29, 0.717) is 5.92 Å². The molecule has 17 heavy (non-hydrogen) atoms. The first-order valence-corrected chi connectivity index (χ1v) is 7.26. The van der Waals surface area contributed by atoms with E-state index >= 15 is 0 Å². The fourth-order valence-electron chi connectivity index (χ4n) is 1.73. The van der Waals surface area contributed by atoms with Gasteiger partial charge >= 0.3 is 0 Å². The van der Waals surface area contributed by atoms with E-state index in [-0.39, 0.29) is 5.82 Å². The highest BCUT2D eigenvalue weighted by molar-refractivity contribution is 9.09. The van der Waals surface area contributed by atoms with E-state index in [2.05, 4.69) is 22.9 Å². The molecule has 0 fully saturated rings. The number of alkyl halides is 1. The van der Waals surface area contributed by atoms with Gasteiger partial charge in [-0.3, -0.25) is 0 Å². The van der Waals surface area contributed by atoms with E-state index in [0.717, 1.165) is 43.4 Å². The van der Waals surface area contributed by atoms with Crippen molar-refractivity contribution in [1.82, 2.24) is 0 Å². The van der Waals surface area contributed by atoms with Crippen LogP contribution in [0.3, 0.4) is 0 Å². The van der Waals surface area contributed by atoms with Crippen molar-refractivity contribution >= 4 is 15.9 Å². The second-order valence-corrected chi connectivity index (χ2v) is 4.90. The second-order valence-electron chi connectivity index (χ2n) is 4.26. The summed E-state index contributed by atoms with van der Waals surface area (Å²) in [5, 5.41) is 0.930. The molecule has 96 valence electrons. The van der Waals surface area contributed by atoms with Gasteiger partial charge in [0.25, 0.3) is 0 Å². The zero-order valence-electron chi connectivity index (χ0n) is 10.3. The Balaban J connectivity index is 2.35. The maximum Gasteiger partial charge on any atom is 0.123 e. The molecular weight excluding hydrogens is 283 g/mol. The molecule has 1 unspecified atom stereocenters. The third kappa shape index (κ3) is 6.18. The number of hydrogen-bond acceptors (Lipinski definition) is 1. The fraction of sp³-hybridized carbons (Fsp3) is 0.571. The zero-order valence-corrected chi connectivity index (χ0v) is 11.9. The maximum atomic E-state index is 13.0. The van der Waals surface area contributed by atoms with Crippen molar-refractivity contribution in [3.63, 3.8) is 0 Å². The highest BCUT2D eigenvalue weighted by Gasteiger charge is 2.08. The normalized spacial score (nSPS) is 12.6. The lowest BCUT2D eigenvalue weighted by atomic mass is 9.98. The molecule has 0 spiro atoms. The Labute approximate surface area is 111 Å². The first-order valence-electron chi connectivity index (χ1n) is 6.14. The molecule has 3 heteroatoms. The van der Waals surface area contributed by atoms with Crippen LogP contribution in [-0.2, 0) is 11.2 Å². The molecule has 0 aliphatic carbocycles. The van der Waals surface area contributed by atoms with Crippen molar-refractivity contribution in [3.8, 4) is 0 Å². The minimum atomic E-state index is -0.155. The minimum Gasteiger partial charge on any atom is -0.381 e. The summed E-state index contributed by atoms with van der Waals surface area (Å²) in [6.45, 7) is 3.73. The SMILES string of the molecule is CCCOCCC(CBr)Cc1cccc(F)c1. The van der Waals surface area contributed by atoms with Gasteiger partial charge in [-0.15, -0.1) is 0 Å². The highest BCUT2D eigenvalue weighted by atomic mass is 79.9. The topological polar surface area (TPSA) is 9.23 Å². The van der Waals surface area contributed by atoms with Gasteiger partial charge in [0.15, 0.2) is 0 Å². The quantitative estimate of drug-likeness (QED) is 0.517. The smallest absolute Gasteiger partial charge is 0.123 e. The lowest BCUT2D eigenvalue weighted by molar-refractivity contribution is 0.123. The summed E-state index contributed by atoms with van der Waals surface area (Å²) in [7, 11) is 0. The van der Waals surface area contributed by atoms with E-state index in [4.69, 9.17) is 4.74 Å². The molecule has 0 aromatic heterocycles. The summed E-state index contributed by atoms with van der Waals surface area (Å²) in [6, 6.07) is 6.84. The van der Waals surface area contributed by atoms with Crippen LogP contribution in [0.15, 0.2) is 24.3 Å². The fourth-order valence-corrected chi connectivity index (χ4v) is 2.28.